The van der Waals surface area contributed by atoms with Crippen LogP contribution in [0.5, 0.6) is 5.75 Å². The zero-order valence-electron chi connectivity index (χ0n) is 18.6. The third-order valence-corrected chi connectivity index (χ3v) is 6.39. The Morgan fingerprint density at radius 2 is 1.74 bits per heavy atom. The first-order valence-corrected chi connectivity index (χ1v) is 10.6. The second-order valence-corrected chi connectivity index (χ2v) is 8.73. The molecule has 2 aliphatic rings. The highest BCUT2D eigenvalue weighted by Gasteiger charge is 2.71. The fourth-order valence-corrected chi connectivity index (χ4v) is 4.66. The number of anilines is 3. The van der Waals surface area contributed by atoms with E-state index in [4.69, 9.17) is 0 Å². The van der Waals surface area contributed by atoms with Gasteiger partial charge in [0, 0.05) is 19.5 Å². The number of imide groups is 1. The fourth-order valence-electron chi connectivity index (χ4n) is 4.66. The molecule has 7 nitrogen and oxygen atoms in total. The van der Waals surface area contributed by atoms with E-state index in [-0.39, 0.29) is 11.6 Å². The molecule has 1 saturated heterocycles. The lowest BCUT2D eigenvalue weighted by atomic mass is 10.1. The minimum absolute atomic E-state index is 0.0938. The molecule has 1 saturated carbocycles. The normalized spacial score (nSPS) is 22.1. The number of nitrogens with zero attached hydrogens (tertiary/aromatic N) is 4. The first-order chi connectivity index (χ1) is 16.0. The van der Waals surface area contributed by atoms with Crippen molar-refractivity contribution in [1.29, 1.82) is 0 Å². The molecule has 0 bridgehead atoms. The van der Waals surface area contributed by atoms with Gasteiger partial charge in [0.1, 0.15) is 11.3 Å². The van der Waals surface area contributed by atoms with Crippen LogP contribution in [0.3, 0.4) is 0 Å². The Hall–Kier alpha value is -3.82. The Kier molecular flexibility index (Phi) is 4.75. The third kappa shape index (κ3) is 3.24. The van der Waals surface area contributed by atoms with Crippen molar-refractivity contribution in [3.8, 4) is 5.75 Å². The van der Waals surface area contributed by atoms with Gasteiger partial charge >= 0.3 is 12.4 Å². The largest absolute Gasteiger partial charge is 0.573 e. The highest BCUT2D eigenvalue weighted by molar-refractivity contribution is 6.33. The van der Waals surface area contributed by atoms with E-state index >= 15 is 0 Å². The molecule has 176 valence electrons. The van der Waals surface area contributed by atoms with Crippen molar-refractivity contribution >= 4 is 39.9 Å². The zero-order valence-corrected chi connectivity index (χ0v) is 18.6. The van der Waals surface area contributed by atoms with E-state index in [9.17, 15) is 22.8 Å². The van der Waals surface area contributed by atoms with Gasteiger partial charge < -0.3 is 9.64 Å². The topological polar surface area (TPSA) is 66.0 Å². The van der Waals surface area contributed by atoms with Crippen LogP contribution in [-0.4, -0.2) is 42.9 Å². The van der Waals surface area contributed by atoms with Crippen molar-refractivity contribution in [3.63, 3.8) is 0 Å². The van der Waals surface area contributed by atoms with Crippen molar-refractivity contribution in [3.05, 3.63) is 54.7 Å². The Morgan fingerprint density at radius 3 is 2.32 bits per heavy atom. The first-order valence-electron chi connectivity index (χ1n) is 10.6. The lowest BCUT2D eigenvalue weighted by Crippen LogP contribution is -2.40. The van der Waals surface area contributed by atoms with Gasteiger partial charge in [-0.3, -0.25) is 14.7 Å². The lowest BCUT2D eigenvalue weighted by Gasteiger charge is -2.28. The van der Waals surface area contributed by atoms with E-state index < -0.39 is 29.6 Å². The molecule has 3 aromatic rings. The van der Waals surface area contributed by atoms with Crippen LogP contribution in [0.15, 0.2) is 54.7 Å². The minimum atomic E-state index is -4.84. The summed E-state index contributed by atoms with van der Waals surface area (Å²) in [6.07, 6.45) is -2.69. The maximum Gasteiger partial charge on any atom is 0.573 e. The summed E-state index contributed by atoms with van der Waals surface area (Å²) >= 11 is 0. The summed E-state index contributed by atoms with van der Waals surface area (Å²) in [5.41, 5.74) is 1.05. The summed E-state index contributed by atoms with van der Waals surface area (Å²) in [5, 5.41) is 0.726. The molecule has 1 aliphatic carbocycles. The minimum Gasteiger partial charge on any atom is -0.406 e. The van der Waals surface area contributed by atoms with Crippen LogP contribution >= 0.6 is 0 Å². The molecule has 2 fully saturated rings. The van der Waals surface area contributed by atoms with Crippen LogP contribution in [0.2, 0.25) is 0 Å². The maximum absolute atomic E-state index is 13.8. The molecular weight excluding hydrogens is 449 g/mol. The summed E-state index contributed by atoms with van der Waals surface area (Å²) in [6.45, 7) is 1.90. The highest BCUT2D eigenvalue weighted by Crippen LogP contribution is 2.57. The fraction of sp³-hybridized carbons (Fsp3) is 0.292. The average molecular weight is 470 g/mol. The molecule has 10 heteroatoms. The molecule has 2 atom stereocenters. The number of amides is 3. The molecular formula is C24H21F3N4O3. The van der Waals surface area contributed by atoms with Gasteiger partial charge in [-0.05, 0) is 42.7 Å². The number of benzene rings is 2. The van der Waals surface area contributed by atoms with Crippen LogP contribution in [0, 0.1) is 5.92 Å². The lowest BCUT2D eigenvalue weighted by molar-refractivity contribution is -0.274. The molecule has 3 amide bonds. The molecule has 1 aromatic heterocycles. The predicted octanol–water partition coefficient (Wildman–Crippen LogP) is 4.95. The van der Waals surface area contributed by atoms with Crippen LogP contribution in [-0.2, 0) is 4.79 Å². The van der Waals surface area contributed by atoms with Crippen molar-refractivity contribution in [2.45, 2.75) is 25.2 Å². The van der Waals surface area contributed by atoms with Crippen molar-refractivity contribution < 1.29 is 27.5 Å². The number of pyridine rings is 1. The number of fused-ring (bicyclic) bond motifs is 1. The summed E-state index contributed by atoms with van der Waals surface area (Å²) < 4.78 is 41.5. The van der Waals surface area contributed by atoms with Gasteiger partial charge in [0.25, 0.3) is 5.91 Å². The molecule has 2 heterocycles. The molecule has 2 unspecified atom stereocenters. The number of para-hydroxylation sites is 1. The highest BCUT2D eigenvalue weighted by atomic mass is 19.4. The van der Waals surface area contributed by atoms with Crippen LogP contribution in [0.25, 0.3) is 10.9 Å². The third-order valence-electron chi connectivity index (χ3n) is 6.39. The Balaban J connectivity index is 1.63. The van der Waals surface area contributed by atoms with Gasteiger partial charge in [-0.25, -0.2) is 9.69 Å². The molecule has 1 aliphatic heterocycles. The van der Waals surface area contributed by atoms with Crippen LogP contribution in [0.4, 0.5) is 35.0 Å². The van der Waals surface area contributed by atoms with Crippen LogP contribution < -0.4 is 19.4 Å². The SMILES string of the molecule is CC1CC12C(=O)N(c1ccc(OC(F)(F)F)cc1)C(=O)N2c1c(N(C)C)cnc2ccccc12. The summed E-state index contributed by atoms with van der Waals surface area (Å²) in [5.74, 6) is -0.930. The van der Waals surface area contributed by atoms with Gasteiger partial charge in [-0.15, -0.1) is 13.2 Å². The van der Waals surface area contributed by atoms with Gasteiger partial charge in [-0.2, -0.15) is 0 Å². The van der Waals surface area contributed by atoms with E-state index in [2.05, 4.69) is 9.72 Å². The maximum atomic E-state index is 13.8. The molecule has 5 rings (SSSR count). The molecule has 0 radical (unpaired) electrons. The van der Waals surface area contributed by atoms with E-state index in [1.165, 1.54) is 12.1 Å². The molecule has 2 aromatic carbocycles. The van der Waals surface area contributed by atoms with Gasteiger partial charge in [-0.1, -0.05) is 25.1 Å². The Labute approximate surface area is 193 Å². The second-order valence-electron chi connectivity index (χ2n) is 8.73. The van der Waals surface area contributed by atoms with E-state index in [1.807, 2.05) is 50.2 Å². The van der Waals surface area contributed by atoms with Crippen molar-refractivity contribution in [1.82, 2.24) is 4.98 Å². The average Bonchev–Trinajstić information content (AvgIpc) is 3.39. The zero-order chi connectivity index (χ0) is 24.4. The molecule has 1 spiro atoms. The van der Waals surface area contributed by atoms with Gasteiger partial charge in [0.05, 0.1) is 28.8 Å². The number of hydrogen-bond donors (Lipinski definition) is 0. The number of aromatic nitrogens is 1. The monoisotopic (exact) mass is 470 g/mol. The predicted molar refractivity (Wildman–Crippen MR) is 121 cm³/mol. The van der Waals surface area contributed by atoms with E-state index in [1.54, 1.807) is 11.1 Å². The molecule has 0 N–H and O–H groups in total. The summed E-state index contributed by atoms with van der Waals surface area (Å²) in [7, 11) is 3.66. The molecule has 34 heavy (non-hydrogen) atoms. The number of urea groups is 1. The van der Waals surface area contributed by atoms with Gasteiger partial charge in [0.15, 0.2) is 0 Å². The van der Waals surface area contributed by atoms with E-state index in [0.717, 1.165) is 22.4 Å². The Morgan fingerprint density at radius 1 is 1.09 bits per heavy atom. The standard InChI is InChI=1S/C24H21F3N4O3/c1-14-12-23(14)21(32)30(15-8-10-16(11-9-15)34-24(25,26)27)22(33)31(23)20-17-6-4-5-7-18(17)28-13-19(20)29(2)3/h4-11,13-14H,12H2,1-3H3. The van der Waals surface area contributed by atoms with Crippen molar-refractivity contribution in [2.75, 3.05) is 28.8 Å². The number of carbonyl (C=O) groups is 2. The summed E-state index contributed by atoms with van der Waals surface area (Å²) in [6, 6.07) is 11.5. The number of ether oxygens (including phenoxy) is 1. The van der Waals surface area contributed by atoms with E-state index in [0.29, 0.717) is 23.3 Å². The Bertz CT molecular complexity index is 1310. The number of halogens is 3. The van der Waals surface area contributed by atoms with Crippen LogP contribution in [0.1, 0.15) is 13.3 Å². The van der Waals surface area contributed by atoms with Gasteiger partial charge in [0.2, 0.25) is 0 Å². The van der Waals surface area contributed by atoms with Crippen molar-refractivity contribution in [2.24, 2.45) is 5.92 Å². The number of rotatable bonds is 4. The first kappa shape index (κ1) is 22.0. The summed E-state index contributed by atoms with van der Waals surface area (Å²) in [4.78, 5) is 36.4. The number of alkyl halides is 3. The second kappa shape index (κ2) is 7.34. The number of carbonyl (C=O) groups excluding carboxylic acids is 2. The number of hydrogen-bond acceptors (Lipinski definition) is 5. The quantitative estimate of drug-likeness (QED) is 0.505. The smallest absolute Gasteiger partial charge is 0.406 e.